The van der Waals surface area contributed by atoms with E-state index < -0.39 is 8.07 Å². The van der Waals surface area contributed by atoms with Gasteiger partial charge in [-0.1, -0.05) is 31.8 Å². The van der Waals surface area contributed by atoms with Crippen molar-refractivity contribution in [3.05, 3.63) is 35.6 Å². The van der Waals surface area contributed by atoms with Gasteiger partial charge in [0.15, 0.2) is 0 Å². The van der Waals surface area contributed by atoms with Gasteiger partial charge in [-0.15, -0.1) is 0 Å². The molecular weight excluding hydrogens is 217 g/mol. The van der Waals surface area contributed by atoms with Gasteiger partial charge in [0.25, 0.3) is 0 Å². The van der Waals surface area contributed by atoms with Crippen LogP contribution < -0.4 is 5.32 Å². The van der Waals surface area contributed by atoms with E-state index in [1.165, 1.54) is 11.6 Å². The van der Waals surface area contributed by atoms with E-state index in [4.69, 9.17) is 0 Å². The summed E-state index contributed by atoms with van der Waals surface area (Å²) < 4.78 is 12.9. The number of hydrogen-bond acceptors (Lipinski definition) is 1. The third-order valence-corrected chi connectivity index (χ3v) is 4.37. The SMILES string of the molecule is CNCC(C[Si](C)(C)C)c1ccc(F)cc1. The van der Waals surface area contributed by atoms with Crippen LogP contribution in [0.5, 0.6) is 0 Å². The summed E-state index contributed by atoms with van der Waals surface area (Å²) in [6, 6.07) is 8.18. The predicted octanol–water partition coefficient (Wildman–Crippen LogP) is 3.47. The third kappa shape index (κ3) is 4.45. The largest absolute Gasteiger partial charge is 0.319 e. The van der Waals surface area contributed by atoms with Crippen molar-refractivity contribution in [3.8, 4) is 0 Å². The first-order valence-corrected chi connectivity index (χ1v) is 9.53. The van der Waals surface area contributed by atoms with Crippen molar-refractivity contribution in [1.29, 1.82) is 0 Å². The molecule has 3 heteroatoms. The van der Waals surface area contributed by atoms with E-state index in [1.54, 1.807) is 12.1 Å². The second-order valence-electron chi connectivity index (χ2n) is 5.57. The lowest BCUT2D eigenvalue weighted by molar-refractivity contribution is 0.622. The topological polar surface area (TPSA) is 12.0 Å². The van der Waals surface area contributed by atoms with Crippen molar-refractivity contribution in [1.82, 2.24) is 5.32 Å². The fraction of sp³-hybridized carbons (Fsp3) is 0.538. The molecule has 1 N–H and O–H groups in total. The van der Waals surface area contributed by atoms with Crippen LogP contribution in [0.15, 0.2) is 24.3 Å². The Bertz CT molecular complexity index is 316. The molecule has 1 aromatic rings. The summed E-state index contributed by atoms with van der Waals surface area (Å²) in [5.74, 6) is 0.359. The highest BCUT2D eigenvalue weighted by molar-refractivity contribution is 6.76. The fourth-order valence-electron chi connectivity index (χ4n) is 2.03. The molecule has 90 valence electrons. The van der Waals surface area contributed by atoms with Crippen molar-refractivity contribution < 1.29 is 4.39 Å². The molecule has 0 saturated carbocycles. The average molecular weight is 239 g/mol. The maximum Gasteiger partial charge on any atom is 0.123 e. The number of likely N-dealkylation sites (N-methyl/N-ethyl adjacent to an activating group) is 1. The van der Waals surface area contributed by atoms with Gasteiger partial charge in [0.05, 0.1) is 0 Å². The lowest BCUT2D eigenvalue weighted by atomic mass is 10.0. The molecular formula is C13H22FNSi. The molecule has 1 unspecified atom stereocenters. The zero-order valence-electron chi connectivity index (χ0n) is 10.7. The lowest BCUT2D eigenvalue weighted by Gasteiger charge is -2.24. The Morgan fingerprint density at radius 2 is 1.75 bits per heavy atom. The van der Waals surface area contributed by atoms with Crippen molar-refractivity contribution in [2.75, 3.05) is 13.6 Å². The molecule has 0 fully saturated rings. The monoisotopic (exact) mass is 239 g/mol. The molecule has 0 aliphatic carbocycles. The average Bonchev–Trinajstić information content (AvgIpc) is 2.16. The maximum atomic E-state index is 12.9. The van der Waals surface area contributed by atoms with Gasteiger partial charge >= 0.3 is 0 Å². The van der Waals surface area contributed by atoms with E-state index in [2.05, 4.69) is 25.0 Å². The first-order chi connectivity index (χ1) is 7.42. The normalized spacial score (nSPS) is 13.8. The molecule has 0 aliphatic rings. The molecule has 1 aromatic carbocycles. The first kappa shape index (κ1) is 13.4. The van der Waals surface area contributed by atoms with Crippen LogP contribution in [0.25, 0.3) is 0 Å². The second kappa shape index (κ2) is 5.59. The minimum absolute atomic E-state index is 0.153. The minimum atomic E-state index is -1.09. The highest BCUT2D eigenvalue weighted by Crippen LogP contribution is 2.26. The Morgan fingerprint density at radius 3 is 2.19 bits per heavy atom. The van der Waals surface area contributed by atoms with Gasteiger partial charge < -0.3 is 5.32 Å². The number of nitrogens with one attached hydrogen (secondary N) is 1. The van der Waals surface area contributed by atoms with Crippen LogP contribution in [-0.4, -0.2) is 21.7 Å². The zero-order chi connectivity index (χ0) is 12.2. The van der Waals surface area contributed by atoms with Crippen LogP contribution in [0.1, 0.15) is 11.5 Å². The number of halogens is 1. The highest BCUT2D eigenvalue weighted by Gasteiger charge is 2.21. The number of rotatable bonds is 5. The molecule has 0 aromatic heterocycles. The highest BCUT2D eigenvalue weighted by atomic mass is 28.3. The smallest absolute Gasteiger partial charge is 0.123 e. The Labute approximate surface area is 99.1 Å². The van der Waals surface area contributed by atoms with E-state index in [1.807, 2.05) is 19.2 Å². The van der Waals surface area contributed by atoms with E-state index in [0.29, 0.717) is 5.92 Å². The molecule has 0 bridgehead atoms. The Hall–Kier alpha value is -0.673. The molecule has 0 heterocycles. The molecule has 1 atom stereocenters. The summed E-state index contributed by atoms with van der Waals surface area (Å²) in [7, 11) is 0.885. The molecule has 0 saturated heterocycles. The molecule has 0 radical (unpaired) electrons. The zero-order valence-corrected chi connectivity index (χ0v) is 11.7. The van der Waals surface area contributed by atoms with Crippen LogP contribution in [0.3, 0.4) is 0 Å². The lowest BCUT2D eigenvalue weighted by Crippen LogP contribution is -2.27. The van der Waals surface area contributed by atoms with Gasteiger partial charge in [-0.05, 0) is 36.7 Å². The fourth-order valence-corrected chi connectivity index (χ4v) is 3.89. The van der Waals surface area contributed by atoms with Gasteiger partial charge in [-0.2, -0.15) is 0 Å². The summed E-state index contributed by atoms with van der Waals surface area (Å²) in [6.07, 6.45) is 0. The molecule has 0 aliphatic heterocycles. The van der Waals surface area contributed by atoms with E-state index >= 15 is 0 Å². The van der Waals surface area contributed by atoms with Crippen LogP contribution >= 0.6 is 0 Å². The summed E-state index contributed by atoms with van der Waals surface area (Å²) in [4.78, 5) is 0. The Kier molecular flexibility index (Phi) is 4.68. The quantitative estimate of drug-likeness (QED) is 0.776. The van der Waals surface area contributed by atoms with Crippen LogP contribution in [0, 0.1) is 5.82 Å². The minimum Gasteiger partial charge on any atom is -0.319 e. The van der Waals surface area contributed by atoms with Gasteiger partial charge in [-0.3, -0.25) is 0 Å². The van der Waals surface area contributed by atoms with Gasteiger partial charge in [0, 0.05) is 14.6 Å². The first-order valence-electron chi connectivity index (χ1n) is 5.82. The van der Waals surface area contributed by atoms with Crippen molar-refractivity contribution in [2.24, 2.45) is 0 Å². The van der Waals surface area contributed by atoms with Crippen LogP contribution in [-0.2, 0) is 0 Å². The van der Waals surface area contributed by atoms with Gasteiger partial charge in [0.2, 0.25) is 0 Å². The second-order valence-corrected chi connectivity index (χ2v) is 11.1. The molecule has 0 amide bonds. The Morgan fingerprint density at radius 1 is 1.19 bits per heavy atom. The van der Waals surface area contributed by atoms with Crippen LogP contribution in [0.4, 0.5) is 4.39 Å². The standard InChI is InChI=1S/C13H22FNSi/c1-15-9-12(10-16(2,3)4)11-5-7-13(14)8-6-11/h5-8,12,15H,9-10H2,1-4H3. The molecule has 0 spiro atoms. The van der Waals surface area contributed by atoms with Crippen molar-refractivity contribution in [2.45, 2.75) is 31.6 Å². The van der Waals surface area contributed by atoms with Crippen molar-refractivity contribution in [3.63, 3.8) is 0 Å². The predicted molar refractivity (Wildman–Crippen MR) is 71.2 cm³/mol. The molecule has 16 heavy (non-hydrogen) atoms. The third-order valence-electron chi connectivity index (χ3n) is 2.65. The Balaban J connectivity index is 2.80. The van der Waals surface area contributed by atoms with E-state index in [-0.39, 0.29) is 5.82 Å². The van der Waals surface area contributed by atoms with Crippen LogP contribution in [0.2, 0.25) is 25.7 Å². The molecule has 1 nitrogen and oxygen atoms in total. The van der Waals surface area contributed by atoms with E-state index in [0.717, 1.165) is 6.54 Å². The van der Waals surface area contributed by atoms with Gasteiger partial charge in [-0.25, -0.2) is 4.39 Å². The number of benzene rings is 1. The summed E-state index contributed by atoms with van der Waals surface area (Å²) in [5.41, 5.74) is 1.25. The van der Waals surface area contributed by atoms with Gasteiger partial charge in [0.1, 0.15) is 5.82 Å². The van der Waals surface area contributed by atoms with E-state index in [9.17, 15) is 4.39 Å². The summed E-state index contributed by atoms with van der Waals surface area (Å²) in [5, 5.41) is 3.23. The maximum absolute atomic E-state index is 12.9. The van der Waals surface area contributed by atoms with Crippen molar-refractivity contribution >= 4 is 8.07 Å². The molecule has 1 rings (SSSR count). The summed E-state index contributed by atoms with van der Waals surface area (Å²) >= 11 is 0. The summed E-state index contributed by atoms with van der Waals surface area (Å²) in [6.45, 7) is 8.09. The number of hydrogen-bond donors (Lipinski definition) is 1.